The van der Waals surface area contributed by atoms with Gasteiger partial charge in [-0.1, -0.05) is 12.1 Å². The number of aliphatic hydroxyl groups excluding tert-OH is 1. The van der Waals surface area contributed by atoms with Crippen LogP contribution in [0.3, 0.4) is 0 Å². The highest BCUT2D eigenvalue weighted by atomic mass is 16.5. The first-order chi connectivity index (χ1) is 10.3. The monoisotopic (exact) mass is 287 g/mol. The number of aromatic nitrogens is 2. The Morgan fingerprint density at radius 3 is 2.76 bits per heavy atom. The first-order valence-corrected chi connectivity index (χ1v) is 7.57. The molecule has 1 aliphatic heterocycles. The van der Waals surface area contributed by atoms with Crippen molar-refractivity contribution < 1.29 is 9.84 Å². The standard InChI is InChI=1S/C16H21N3O2/c1-2-21-16-15(19-9-5-6-12(10-19)11-20)17-13-7-3-4-8-14(13)18-16/h3-4,7-8,12,20H,2,5-6,9-11H2,1H3/t12-/m1/s1. The molecule has 21 heavy (non-hydrogen) atoms. The normalized spacial score (nSPS) is 19.0. The van der Waals surface area contributed by atoms with Crippen molar-refractivity contribution in [3.8, 4) is 5.88 Å². The van der Waals surface area contributed by atoms with Gasteiger partial charge < -0.3 is 14.7 Å². The molecule has 5 nitrogen and oxygen atoms in total. The van der Waals surface area contributed by atoms with E-state index in [0.717, 1.165) is 42.8 Å². The van der Waals surface area contributed by atoms with Gasteiger partial charge in [-0.25, -0.2) is 9.97 Å². The topological polar surface area (TPSA) is 58.5 Å². The zero-order chi connectivity index (χ0) is 14.7. The van der Waals surface area contributed by atoms with Crippen LogP contribution < -0.4 is 9.64 Å². The van der Waals surface area contributed by atoms with Crippen molar-refractivity contribution in [2.24, 2.45) is 5.92 Å². The van der Waals surface area contributed by atoms with Gasteiger partial charge in [-0.15, -0.1) is 0 Å². The summed E-state index contributed by atoms with van der Waals surface area (Å²) >= 11 is 0. The van der Waals surface area contributed by atoms with Gasteiger partial charge in [0.15, 0.2) is 5.82 Å². The van der Waals surface area contributed by atoms with E-state index in [4.69, 9.17) is 9.72 Å². The number of para-hydroxylation sites is 2. The Hall–Kier alpha value is -1.88. The summed E-state index contributed by atoms with van der Waals surface area (Å²) in [6, 6.07) is 7.83. The molecule has 1 N–H and O–H groups in total. The van der Waals surface area contributed by atoms with Gasteiger partial charge in [-0.3, -0.25) is 0 Å². The van der Waals surface area contributed by atoms with Gasteiger partial charge in [-0.05, 0) is 37.8 Å². The van der Waals surface area contributed by atoms with E-state index in [-0.39, 0.29) is 6.61 Å². The minimum atomic E-state index is 0.224. The highest BCUT2D eigenvalue weighted by molar-refractivity contribution is 5.77. The summed E-state index contributed by atoms with van der Waals surface area (Å²) in [6.45, 7) is 4.49. The van der Waals surface area contributed by atoms with Crippen molar-refractivity contribution in [2.75, 3.05) is 31.2 Å². The molecule has 0 radical (unpaired) electrons. The van der Waals surface area contributed by atoms with Gasteiger partial charge in [0.1, 0.15) is 0 Å². The lowest BCUT2D eigenvalue weighted by Gasteiger charge is -2.33. The van der Waals surface area contributed by atoms with Gasteiger partial charge in [0.25, 0.3) is 5.88 Å². The number of rotatable bonds is 4. The van der Waals surface area contributed by atoms with Crippen LogP contribution in [0.4, 0.5) is 5.82 Å². The summed E-state index contributed by atoms with van der Waals surface area (Å²) in [5.74, 6) is 1.70. The lowest BCUT2D eigenvalue weighted by atomic mass is 9.99. The predicted octanol–water partition coefficient (Wildman–Crippen LogP) is 2.24. The van der Waals surface area contributed by atoms with E-state index in [0.29, 0.717) is 18.4 Å². The number of nitrogens with zero attached hydrogens (tertiary/aromatic N) is 3. The van der Waals surface area contributed by atoms with E-state index >= 15 is 0 Å². The van der Waals surface area contributed by atoms with E-state index in [9.17, 15) is 5.11 Å². The highest BCUT2D eigenvalue weighted by Gasteiger charge is 2.24. The Kier molecular flexibility index (Phi) is 4.20. The Balaban J connectivity index is 2.00. The Labute approximate surface area is 124 Å². The first kappa shape index (κ1) is 14.1. The second-order valence-corrected chi connectivity index (χ2v) is 5.41. The molecular formula is C16H21N3O2. The van der Waals surface area contributed by atoms with Gasteiger partial charge in [-0.2, -0.15) is 0 Å². The maximum Gasteiger partial charge on any atom is 0.258 e. The van der Waals surface area contributed by atoms with Gasteiger partial charge in [0.05, 0.1) is 17.6 Å². The summed E-state index contributed by atoms with van der Waals surface area (Å²) in [4.78, 5) is 11.5. The predicted molar refractivity (Wildman–Crippen MR) is 82.7 cm³/mol. The summed E-state index contributed by atoms with van der Waals surface area (Å²) < 4.78 is 5.69. The Morgan fingerprint density at radius 1 is 1.29 bits per heavy atom. The zero-order valence-corrected chi connectivity index (χ0v) is 12.3. The lowest BCUT2D eigenvalue weighted by Crippen LogP contribution is -2.37. The summed E-state index contributed by atoms with van der Waals surface area (Å²) in [5.41, 5.74) is 1.72. The fourth-order valence-electron chi connectivity index (χ4n) is 2.82. The molecule has 0 aliphatic carbocycles. The van der Waals surface area contributed by atoms with Crippen molar-refractivity contribution in [2.45, 2.75) is 19.8 Å². The van der Waals surface area contributed by atoms with Crippen LogP contribution in [0.25, 0.3) is 11.0 Å². The number of anilines is 1. The van der Waals surface area contributed by atoms with Crippen molar-refractivity contribution in [3.05, 3.63) is 24.3 Å². The number of aliphatic hydroxyl groups is 1. The molecule has 0 unspecified atom stereocenters. The second-order valence-electron chi connectivity index (χ2n) is 5.41. The third kappa shape index (κ3) is 2.93. The van der Waals surface area contributed by atoms with Crippen LogP contribution in [0.2, 0.25) is 0 Å². The van der Waals surface area contributed by atoms with Crippen LogP contribution in [-0.2, 0) is 0 Å². The molecule has 112 valence electrons. The van der Waals surface area contributed by atoms with E-state index in [1.165, 1.54) is 0 Å². The first-order valence-electron chi connectivity index (χ1n) is 7.57. The average Bonchev–Trinajstić information content (AvgIpc) is 2.54. The van der Waals surface area contributed by atoms with E-state index in [1.807, 2.05) is 31.2 Å². The molecule has 1 aromatic heterocycles. The van der Waals surface area contributed by atoms with Crippen molar-refractivity contribution in [1.29, 1.82) is 0 Å². The third-order valence-corrected chi connectivity index (χ3v) is 3.88. The highest BCUT2D eigenvalue weighted by Crippen LogP contribution is 2.30. The number of fused-ring (bicyclic) bond motifs is 1. The van der Waals surface area contributed by atoms with Crippen LogP contribution in [-0.4, -0.2) is 41.4 Å². The molecule has 1 saturated heterocycles. The second kappa shape index (κ2) is 6.26. The number of hydrogen-bond donors (Lipinski definition) is 1. The van der Waals surface area contributed by atoms with E-state index in [2.05, 4.69) is 9.88 Å². The minimum Gasteiger partial charge on any atom is -0.475 e. The maximum atomic E-state index is 9.41. The van der Waals surface area contributed by atoms with Crippen LogP contribution in [0, 0.1) is 5.92 Å². The lowest BCUT2D eigenvalue weighted by molar-refractivity contribution is 0.208. The zero-order valence-electron chi connectivity index (χ0n) is 12.3. The molecule has 1 fully saturated rings. The van der Waals surface area contributed by atoms with Crippen LogP contribution in [0.15, 0.2) is 24.3 Å². The molecular weight excluding hydrogens is 266 g/mol. The molecule has 3 rings (SSSR count). The molecule has 0 spiro atoms. The van der Waals surface area contributed by atoms with Gasteiger partial charge in [0, 0.05) is 19.7 Å². The van der Waals surface area contributed by atoms with Crippen molar-refractivity contribution in [1.82, 2.24) is 9.97 Å². The molecule has 0 saturated carbocycles. The largest absolute Gasteiger partial charge is 0.475 e. The number of hydrogen-bond acceptors (Lipinski definition) is 5. The van der Waals surface area contributed by atoms with E-state index < -0.39 is 0 Å². The molecule has 1 atom stereocenters. The SMILES string of the molecule is CCOc1nc2ccccc2nc1N1CCC[C@@H](CO)C1. The number of benzene rings is 1. The Bertz CT molecular complexity index is 617. The smallest absolute Gasteiger partial charge is 0.258 e. The number of ether oxygens (including phenoxy) is 1. The average molecular weight is 287 g/mol. The summed E-state index contributed by atoms with van der Waals surface area (Å²) in [6.07, 6.45) is 2.13. The molecule has 0 bridgehead atoms. The molecule has 0 amide bonds. The van der Waals surface area contributed by atoms with Crippen molar-refractivity contribution in [3.63, 3.8) is 0 Å². The minimum absolute atomic E-state index is 0.224. The molecule has 5 heteroatoms. The van der Waals surface area contributed by atoms with Gasteiger partial charge in [0.2, 0.25) is 0 Å². The molecule has 2 heterocycles. The summed E-state index contributed by atoms with van der Waals surface area (Å²) in [7, 11) is 0. The third-order valence-electron chi connectivity index (χ3n) is 3.88. The Morgan fingerprint density at radius 2 is 2.05 bits per heavy atom. The number of piperidine rings is 1. The summed E-state index contributed by atoms with van der Waals surface area (Å²) in [5, 5.41) is 9.41. The van der Waals surface area contributed by atoms with Gasteiger partial charge >= 0.3 is 0 Å². The van der Waals surface area contributed by atoms with E-state index in [1.54, 1.807) is 0 Å². The van der Waals surface area contributed by atoms with Crippen LogP contribution in [0.1, 0.15) is 19.8 Å². The maximum absolute atomic E-state index is 9.41. The fraction of sp³-hybridized carbons (Fsp3) is 0.500. The van der Waals surface area contributed by atoms with Crippen LogP contribution in [0.5, 0.6) is 5.88 Å². The fourth-order valence-corrected chi connectivity index (χ4v) is 2.82. The van der Waals surface area contributed by atoms with Crippen LogP contribution >= 0.6 is 0 Å². The molecule has 2 aromatic rings. The molecule has 1 aromatic carbocycles. The molecule has 1 aliphatic rings. The quantitative estimate of drug-likeness (QED) is 0.934. The van der Waals surface area contributed by atoms with Crippen molar-refractivity contribution >= 4 is 16.9 Å².